The zero-order chi connectivity index (χ0) is 12.8. The van der Waals surface area contributed by atoms with Crippen molar-refractivity contribution in [2.75, 3.05) is 18.9 Å². The smallest absolute Gasteiger partial charge is 0.240 e. The molecule has 0 radical (unpaired) electrons. The van der Waals surface area contributed by atoms with E-state index in [4.69, 9.17) is 0 Å². The van der Waals surface area contributed by atoms with Gasteiger partial charge in [-0.2, -0.15) is 0 Å². The number of sulfonamides is 1. The second-order valence-corrected chi connectivity index (χ2v) is 6.25. The third-order valence-corrected chi connectivity index (χ3v) is 4.78. The first-order valence-electron chi connectivity index (χ1n) is 5.85. The van der Waals surface area contributed by atoms with Crippen molar-refractivity contribution in [2.24, 2.45) is 0 Å². The fraction of sp³-hybridized carbons (Fsp3) is 0.231. The highest BCUT2D eigenvalue weighted by Gasteiger charge is 2.16. The molecule has 5 heteroatoms. The van der Waals surface area contributed by atoms with Gasteiger partial charge in [-0.1, -0.05) is 12.1 Å². The Morgan fingerprint density at radius 2 is 2.06 bits per heavy atom. The third-order valence-electron chi connectivity index (χ3n) is 3.37. The van der Waals surface area contributed by atoms with Crippen LogP contribution in [0, 0.1) is 0 Å². The monoisotopic (exact) mass is 262 g/mol. The molecular weight excluding hydrogens is 248 g/mol. The van der Waals surface area contributed by atoms with E-state index in [1.165, 1.54) is 12.6 Å². The molecule has 0 aromatic heterocycles. The van der Waals surface area contributed by atoms with Crippen molar-refractivity contribution in [3.63, 3.8) is 0 Å². The lowest BCUT2D eigenvalue weighted by Gasteiger charge is -2.07. The van der Waals surface area contributed by atoms with Gasteiger partial charge in [-0.05, 0) is 48.0 Å². The first-order chi connectivity index (χ1) is 8.62. The van der Waals surface area contributed by atoms with Crippen LogP contribution < -0.4 is 10.0 Å². The van der Waals surface area contributed by atoms with Crippen LogP contribution in [0.4, 0.5) is 5.69 Å². The van der Waals surface area contributed by atoms with Crippen LogP contribution in [-0.2, 0) is 16.4 Å². The van der Waals surface area contributed by atoms with Crippen molar-refractivity contribution in [3.8, 4) is 0 Å². The molecule has 0 spiro atoms. The van der Waals surface area contributed by atoms with Crippen molar-refractivity contribution >= 4 is 26.5 Å². The predicted octanol–water partition coefficient (Wildman–Crippen LogP) is 1.72. The molecule has 94 valence electrons. The van der Waals surface area contributed by atoms with Gasteiger partial charge in [0.1, 0.15) is 0 Å². The van der Waals surface area contributed by atoms with Crippen molar-refractivity contribution in [1.82, 2.24) is 4.72 Å². The highest BCUT2D eigenvalue weighted by Crippen LogP contribution is 2.31. The predicted molar refractivity (Wildman–Crippen MR) is 72.4 cm³/mol. The van der Waals surface area contributed by atoms with Crippen LogP contribution in [0.25, 0.3) is 10.8 Å². The number of benzene rings is 2. The molecule has 0 saturated carbocycles. The maximum absolute atomic E-state index is 11.8. The lowest BCUT2D eigenvalue weighted by Crippen LogP contribution is -2.18. The average Bonchev–Trinajstić information content (AvgIpc) is 2.86. The van der Waals surface area contributed by atoms with Crippen molar-refractivity contribution in [1.29, 1.82) is 0 Å². The zero-order valence-electron chi connectivity index (χ0n) is 10.0. The fourth-order valence-electron chi connectivity index (χ4n) is 2.41. The average molecular weight is 262 g/mol. The summed E-state index contributed by atoms with van der Waals surface area (Å²) in [6.45, 7) is 0.949. The largest absolute Gasteiger partial charge is 0.384 e. The number of hydrogen-bond donors (Lipinski definition) is 2. The van der Waals surface area contributed by atoms with Gasteiger partial charge in [-0.3, -0.25) is 0 Å². The molecule has 2 aromatic carbocycles. The van der Waals surface area contributed by atoms with Gasteiger partial charge >= 0.3 is 0 Å². The number of anilines is 1. The van der Waals surface area contributed by atoms with Crippen LogP contribution >= 0.6 is 0 Å². The van der Waals surface area contributed by atoms with Gasteiger partial charge in [0, 0.05) is 12.2 Å². The minimum Gasteiger partial charge on any atom is -0.384 e. The van der Waals surface area contributed by atoms with Crippen LogP contribution in [-0.4, -0.2) is 22.0 Å². The Hall–Kier alpha value is -1.59. The molecule has 0 unspecified atom stereocenters. The van der Waals surface area contributed by atoms with Gasteiger partial charge in [0.25, 0.3) is 0 Å². The SMILES string of the molecule is CNS(=O)(=O)c1ccc2c3c(ccc2c1)NCC3. The van der Waals surface area contributed by atoms with E-state index in [-0.39, 0.29) is 0 Å². The number of rotatable bonds is 2. The summed E-state index contributed by atoms with van der Waals surface area (Å²) in [5.41, 5.74) is 2.44. The molecule has 4 nitrogen and oxygen atoms in total. The van der Waals surface area contributed by atoms with E-state index in [0.29, 0.717) is 4.90 Å². The molecule has 3 rings (SSSR count). The summed E-state index contributed by atoms with van der Waals surface area (Å²) in [4.78, 5) is 0.309. The molecule has 1 heterocycles. The summed E-state index contributed by atoms with van der Waals surface area (Å²) < 4.78 is 25.8. The minimum atomic E-state index is -3.37. The summed E-state index contributed by atoms with van der Waals surface area (Å²) in [6, 6.07) is 9.25. The normalized spacial score (nSPS) is 14.5. The zero-order valence-corrected chi connectivity index (χ0v) is 10.8. The summed E-state index contributed by atoms with van der Waals surface area (Å²) in [6.07, 6.45) is 0.991. The van der Waals surface area contributed by atoms with Crippen molar-refractivity contribution in [3.05, 3.63) is 35.9 Å². The molecule has 0 amide bonds. The minimum absolute atomic E-state index is 0.309. The van der Waals surface area contributed by atoms with Crippen LogP contribution in [0.15, 0.2) is 35.2 Å². The first-order valence-corrected chi connectivity index (χ1v) is 7.33. The summed E-state index contributed by atoms with van der Waals surface area (Å²) in [5.74, 6) is 0. The van der Waals surface area contributed by atoms with Crippen molar-refractivity contribution in [2.45, 2.75) is 11.3 Å². The molecule has 1 aliphatic rings. The highest BCUT2D eigenvalue weighted by molar-refractivity contribution is 7.89. The van der Waals surface area contributed by atoms with E-state index in [2.05, 4.69) is 10.0 Å². The first kappa shape index (κ1) is 11.5. The second-order valence-electron chi connectivity index (χ2n) is 4.36. The van der Waals surface area contributed by atoms with E-state index in [1.807, 2.05) is 18.2 Å². The van der Waals surface area contributed by atoms with Crippen LogP contribution in [0.1, 0.15) is 5.56 Å². The molecule has 2 N–H and O–H groups in total. The number of nitrogens with one attached hydrogen (secondary N) is 2. The molecule has 18 heavy (non-hydrogen) atoms. The molecule has 1 aliphatic heterocycles. The molecule has 0 aliphatic carbocycles. The van der Waals surface area contributed by atoms with Gasteiger partial charge in [0.05, 0.1) is 4.90 Å². The summed E-state index contributed by atoms with van der Waals surface area (Å²) in [5, 5.41) is 5.42. The van der Waals surface area contributed by atoms with E-state index in [9.17, 15) is 8.42 Å². The third kappa shape index (κ3) is 1.67. The topological polar surface area (TPSA) is 58.2 Å². The Labute approximate surface area is 106 Å². The van der Waals surface area contributed by atoms with Crippen LogP contribution in [0.5, 0.6) is 0 Å². The standard InChI is InChI=1S/C13H14N2O2S/c1-14-18(16,17)10-3-4-11-9(8-10)2-5-13-12(11)6-7-15-13/h2-5,8,14-15H,6-7H2,1H3. The molecule has 0 saturated heterocycles. The Kier molecular flexibility index (Phi) is 2.53. The fourth-order valence-corrected chi connectivity index (χ4v) is 3.18. The Balaban J connectivity index is 2.24. The molecular formula is C13H14N2O2S. The highest BCUT2D eigenvalue weighted by atomic mass is 32.2. The molecule has 0 fully saturated rings. The molecule has 2 aromatic rings. The van der Waals surface area contributed by atoms with E-state index in [0.717, 1.165) is 29.4 Å². The van der Waals surface area contributed by atoms with E-state index >= 15 is 0 Å². The van der Waals surface area contributed by atoms with E-state index in [1.54, 1.807) is 12.1 Å². The van der Waals surface area contributed by atoms with E-state index < -0.39 is 10.0 Å². The van der Waals surface area contributed by atoms with Gasteiger partial charge in [0.15, 0.2) is 0 Å². The Morgan fingerprint density at radius 3 is 2.83 bits per heavy atom. The maximum atomic E-state index is 11.8. The van der Waals surface area contributed by atoms with Crippen LogP contribution in [0.2, 0.25) is 0 Å². The molecule has 0 bridgehead atoms. The lowest BCUT2D eigenvalue weighted by atomic mass is 10.0. The van der Waals surface area contributed by atoms with Gasteiger partial charge in [-0.25, -0.2) is 13.1 Å². The van der Waals surface area contributed by atoms with Crippen molar-refractivity contribution < 1.29 is 8.42 Å². The second kappa shape index (κ2) is 3.96. The number of hydrogen-bond acceptors (Lipinski definition) is 3. The Bertz CT molecular complexity index is 723. The lowest BCUT2D eigenvalue weighted by molar-refractivity contribution is 0.588. The Morgan fingerprint density at radius 1 is 1.22 bits per heavy atom. The quantitative estimate of drug-likeness (QED) is 0.866. The van der Waals surface area contributed by atoms with Gasteiger partial charge in [-0.15, -0.1) is 0 Å². The van der Waals surface area contributed by atoms with Gasteiger partial charge in [0.2, 0.25) is 10.0 Å². The van der Waals surface area contributed by atoms with Gasteiger partial charge < -0.3 is 5.32 Å². The maximum Gasteiger partial charge on any atom is 0.240 e. The molecule has 0 atom stereocenters. The van der Waals surface area contributed by atoms with Crippen LogP contribution in [0.3, 0.4) is 0 Å². The summed E-state index contributed by atoms with van der Waals surface area (Å²) >= 11 is 0. The summed E-state index contributed by atoms with van der Waals surface area (Å²) in [7, 11) is -1.95. The number of fused-ring (bicyclic) bond motifs is 3.